The fraction of sp³-hybridized carbons (Fsp3) is 0.364. The van der Waals surface area contributed by atoms with E-state index in [1.54, 1.807) is 18.2 Å². The second-order valence-corrected chi connectivity index (χ2v) is 7.65. The van der Waals surface area contributed by atoms with Crippen LogP contribution in [-0.2, 0) is 6.54 Å². The van der Waals surface area contributed by atoms with Crippen molar-refractivity contribution in [2.45, 2.75) is 38.3 Å². The fourth-order valence-electron chi connectivity index (χ4n) is 3.91. The van der Waals surface area contributed by atoms with Gasteiger partial charge in [-0.3, -0.25) is 4.79 Å². The molecule has 0 atom stereocenters. The third kappa shape index (κ3) is 4.18. The molecule has 0 bridgehead atoms. The molecule has 3 aromatic rings. The lowest BCUT2D eigenvalue weighted by molar-refractivity contribution is 0.104. The summed E-state index contributed by atoms with van der Waals surface area (Å²) >= 11 is 0. The van der Waals surface area contributed by atoms with Crippen molar-refractivity contribution in [1.29, 1.82) is 0 Å². The predicted octanol–water partition coefficient (Wildman–Crippen LogP) is 3.79. The Morgan fingerprint density at radius 1 is 1.07 bits per heavy atom. The molecule has 30 heavy (non-hydrogen) atoms. The monoisotopic (exact) mass is 418 g/mol. The molecule has 8 heteroatoms. The second kappa shape index (κ2) is 8.47. The van der Waals surface area contributed by atoms with Crippen LogP contribution >= 0.6 is 0 Å². The van der Waals surface area contributed by atoms with Gasteiger partial charge in [-0.25, -0.2) is 13.2 Å². The van der Waals surface area contributed by atoms with Crippen LogP contribution in [0.15, 0.2) is 41.5 Å². The van der Waals surface area contributed by atoms with Crippen molar-refractivity contribution in [2.24, 2.45) is 5.92 Å². The molecule has 0 saturated heterocycles. The van der Waals surface area contributed by atoms with Gasteiger partial charge < -0.3 is 14.4 Å². The summed E-state index contributed by atoms with van der Waals surface area (Å²) < 4.78 is 48.7. The maximum Gasteiger partial charge on any atom is 0.280 e. The van der Waals surface area contributed by atoms with E-state index < -0.39 is 23.0 Å². The number of ether oxygens (including phenoxy) is 1. The standard InChI is InChI=1S/C22H21F3N2O3/c23-14-7-19(24)18(20(25)8-14)10-27-12-26-22(29)17-9-16(5-6-21(17)27)30-15-3-1-13(11-28)2-4-15/h5-9,12-13,15,28H,1-4,10-11H2/t13-,15-. The van der Waals surface area contributed by atoms with Crippen LogP contribution in [0.3, 0.4) is 0 Å². The van der Waals surface area contributed by atoms with Gasteiger partial charge in [0.15, 0.2) is 0 Å². The molecule has 1 saturated carbocycles. The van der Waals surface area contributed by atoms with E-state index in [2.05, 4.69) is 4.98 Å². The first kappa shape index (κ1) is 20.4. The van der Waals surface area contributed by atoms with E-state index in [0.717, 1.165) is 25.7 Å². The van der Waals surface area contributed by atoms with Gasteiger partial charge in [-0.2, -0.15) is 4.98 Å². The van der Waals surface area contributed by atoms with Crippen molar-refractivity contribution >= 4 is 10.9 Å². The molecule has 5 nitrogen and oxygen atoms in total. The SMILES string of the molecule is O=c1ncn(Cc2c(F)cc(F)cc2F)c2ccc(O[C@H]3CC[C@H](CO)CC3)cc12. The molecule has 2 aromatic carbocycles. The number of halogens is 3. The first-order chi connectivity index (χ1) is 14.4. The van der Waals surface area contributed by atoms with Crippen LogP contribution in [0.5, 0.6) is 5.75 Å². The van der Waals surface area contributed by atoms with Gasteiger partial charge >= 0.3 is 0 Å². The quantitative estimate of drug-likeness (QED) is 0.685. The van der Waals surface area contributed by atoms with E-state index in [-0.39, 0.29) is 30.2 Å². The minimum absolute atomic E-state index is 0.00607. The molecule has 1 aliphatic rings. The number of nitrogens with zero attached hydrogens (tertiary/aromatic N) is 2. The highest BCUT2D eigenvalue weighted by Gasteiger charge is 2.22. The number of fused-ring (bicyclic) bond motifs is 1. The van der Waals surface area contributed by atoms with Crippen molar-refractivity contribution in [2.75, 3.05) is 6.61 Å². The molecule has 1 aliphatic carbocycles. The van der Waals surface area contributed by atoms with E-state index in [4.69, 9.17) is 4.74 Å². The maximum atomic E-state index is 14.0. The number of aliphatic hydroxyl groups is 1. The number of benzene rings is 2. The third-order valence-electron chi connectivity index (χ3n) is 5.61. The minimum Gasteiger partial charge on any atom is -0.490 e. The van der Waals surface area contributed by atoms with Gasteiger partial charge in [0.1, 0.15) is 23.2 Å². The zero-order valence-corrected chi connectivity index (χ0v) is 16.2. The molecule has 1 aromatic heterocycles. The van der Waals surface area contributed by atoms with Crippen LogP contribution in [0.25, 0.3) is 10.9 Å². The topological polar surface area (TPSA) is 64.4 Å². The Bertz CT molecular complexity index is 1100. The van der Waals surface area contributed by atoms with Crippen LogP contribution in [0.4, 0.5) is 13.2 Å². The first-order valence-corrected chi connectivity index (χ1v) is 9.84. The fourth-order valence-corrected chi connectivity index (χ4v) is 3.91. The Morgan fingerprint density at radius 2 is 1.77 bits per heavy atom. The second-order valence-electron chi connectivity index (χ2n) is 7.65. The van der Waals surface area contributed by atoms with Crippen LogP contribution in [-0.4, -0.2) is 27.4 Å². The largest absolute Gasteiger partial charge is 0.490 e. The molecule has 4 rings (SSSR count). The molecule has 0 spiro atoms. The number of rotatable bonds is 5. The number of aromatic nitrogens is 2. The Balaban J connectivity index is 1.61. The van der Waals surface area contributed by atoms with Gasteiger partial charge in [-0.15, -0.1) is 0 Å². The number of hydrogen-bond acceptors (Lipinski definition) is 4. The molecular formula is C22H21F3N2O3. The summed E-state index contributed by atoms with van der Waals surface area (Å²) in [6.07, 6.45) is 4.64. The van der Waals surface area contributed by atoms with Crippen LogP contribution < -0.4 is 10.3 Å². The lowest BCUT2D eigenvalue weighted by atomic mass is 9.88. The maximum absolute atomic E-state index is 14.0. The average molecular weight is 418 g/mol. The zero-order valence-electron chi connectivity index (χ0n) is 16.2. The molecule has 0 amide bonds. The number of hydrogen-bond donors (Lipinski definition) is 1. The van der Waals surface area contributed by atoms with Gasteiger partial charge in [0.05, 0.1) is 29.9 Å². The van der Waals surface area contributed by atoms with Crippen LogP contribution in [0, 0.1) is 23.4 Å². The highest BCUT2D eigenvalue weighted by molar-refractivity contribution is 5.79. The normalized spacial score (nSPS) is 19.2. The molecule has 158 valence electrons. The van der Waals surface area contributed by atoms with Gasteiger partial charge in [-0.1, -0.05) is 0 Å². The van der Waals surface area contributed by atoms with E-state index in [1.165, 1.54) is 10.9 Å². The number of aliphatic hydroxyl groups excluding tert-OH is 1. The molecular weight excluding hydrogens is 397 g/mol. The third-order valence-corrected chi connectivity index (χ3v) is 5.61. The Morgan fingerprint density at radius 3 is 2.43 bits per heavy atom. The zero-order chi connectivity index (χ0) is 21.3. The summed E-state index contributed by atoms with van der Waals surface area (Å²) in [4.78, 5) is 16.1. The van der Waals surface area contributed by atoms with Gasteiger partial charge in [0, 0.05) is 24.3 Å². The summed E-state index contributed by atoms with van der Waals surface area (Å²) in [7, 11) is 0. The minimum atomic E-state index is -1.00. The first-order valence-electron chi connectivity index (χ1n) is 9.84. The van der Waals surface area contributed by atoms with Gasteiger partial charge in [-0.05, 0) is 49.8 Å². The molecule has 1 fully saturated rings. The highest BCUT2D eigenvalue weighted by atomic mass is 19.1. The summed E-state index contributed by atoms with van der Waals surface area (Å²) in [5.41, 5.74) is -0.352. The van der Waals surface area contributed by atoms with Crippen LogP contribution in [0.1, 0.15) is 31.2 Å². The van der Waals surface area contributed by atoms with E-state index in [0.29, 0.717) is 29.3 Å². The Labute approximate surface area is 170 Å². The van der Waals surface area contributed by atoms with Gasteiger partial charge in [0.25, 0.3) is 5.56 Å². The van der Waals surface area contributed by atoms with Crippen molar-refractivity contribution < 1.29 is 23.0 Å². The summed E-state index contributed by atoms with van der Waals surface area (Å²) in [5.74, 6) is -2.17. The smallest absolute Gasteiger partial charge is 0.280 e. The van der Waals surface area contributed by atoms with E-state index in [1.807, 2.05) is 0 Å². The highest BCUT2D eigenvalue weighted by Crippen LogP contribution is 2.28. The molecule has 0 aliphatic heterocycles. The molecule has 1 heterocycles. The summed E-state index contributed by atoms with van der Waals surface area (Å²) in [5, 5.41) is 9.51. The van der Waals surface area contributed by atoms with Gasteiger partial charge in [0.2, 0.25) is 0 Å². The van der Waals surface area contributed by atoms with Crippen molar-refractivity contribution in [3.05, 3.63) is 70.0 Å². The summed E-state index contributed by atoms with van der Waals surface area (Å²) in [6.45, 7) is -0.0593. The van der Waals surface area contributed by atoms with Crippen molar-refractivity contribution in [3.63, 3.8) is 0 Å². The summed E-state index contributed by atoms with van der Waals surface area (Å²) in [6, 6.07) is 6.17. The molecule has 0 unspecified atom stereocenters. The lowest BCUT2D eigenvalue weighted by Crippen LogP contribution is -2.25. The van der Waals surface area contributed by atoms with E-state index >= 15 is 0 Å². The molecule has 1 N–H and O–H groups in total. The Kier molecular flexibility index (Phi) is 5.76. The van der Waals surface area contributed by atoms with Crippen LogP contribution in [0.2, 0.25) is 0 Å². The lowest BCUT2D eigenvalue weighted by Gasteiger charge is -2.28. The predicted molar refractivity (Wildman–Crippen MR) is 105 cm³/mol. The Hall–Kier alpha value is -2.87. The van der Waals surface area contributed by atoms with Crippen molar-refractivity contribution in [1.82, 2.24) is 9.55 Å². The molecule has 0 radical (unpaired) electrons. The average Bonchev–Trinajstić information content (AvgIpc) is 2.73. The van der Waals surface area contributed by atoms with E-state index in [9.17, 15) is 23.1 Å². The van der Waals surface area contributed by atoms with Crippen molar-refractivity contribution in [3.8, 4) is 5.75 Å².